The van der Waals surface area contributed by atoms with Gasteiger partial charge in [-0.15, -0.1) is 0 Å². The van der Waals surface area contributed by atoms with Gasteiger partial charge < -0.3 is 4.90 Å². The molecule has 1 aliphatic heterocycles. The Hall–Kier alpha value is -2.12. The molecule has 1 saturated carbocycles. The van der Waals surface area contributed by atoms with Crippen molar-refractivity contribution >= 4 is 16.9 Å². The third-order valence-electron chi connectivity index (χ3n) is 5.52. The highest BCUT2D eigenvalue weighted by Crippen LogP contribution is 2.51. The Bertz CT molecular complexity index is 936. The molecule has 1 amide bonds. The molecule has 4 unspecified atom stereocenters. The molecule has 2 aromatic rings. The van der Waals surface area contributed by atoms with Gasteiger partial charge in [-0.3, -0.25) is 4.79 Å². The van der Waals surface area contributed by atoms with E-state index in [1.807, 2.05) is 17.0 Å². The van der Waals surface area contributed by atoms with Crippen molar-refractivity contribution in [3.63, 3.8) is 0 Å². The van der Waals surface area contributed by atoms with Crippen LogP contribution in [0.4, 0.5) is 8.78 Å². The molecular formula is C21H22F2N2O2S. The average molecular weight is 404 g/mol. The minimum atomic E-state index is -1.10. The predicted molar refractivity (Wildman–Crippen MR) is 105 cm³/mol. The van der Waals surface area contributed by atoms with E-state index in [9.17, 15) is 17.8 Å². The first-order valence-corrected chi connectivity index (χ1v) is 10.9. The van der Waals surface area contributed by atoms with Gasteiger partial charge in [-0.25, -0.2) is 17.7 Å². The Morgan fingerprint density at radius 1 is 1.18 bits per heavy atom. The molecule has 1 saturated heterocycles. The second-order valence-corrected chi connectivity index (χ2v) is 8.65. The van der Waals surface area contributed by atoms with E-state index in [0.717, 1.165) is 24.1 Å². The van der Waals surface area contributed by atoms with Crippen molar-refractivity contribution in [1.82, 2.24) is 9.62 Å². The summed E-state index contributed by atoms with van der Waals surface area (Å²) in [5.74, 6) is -0.995. The van der Waals surface area contributed by atoms with Gasteiger partial charge >= 0.3 is 0 Å². The second-order valence-electron chi connectivity index (χ2n) is 7.50. The molecule has 4 atom stereocenters. The molecule has 2 fully saturated rings. The Labute approximate surface area is 165 Å². The van der Waals surface area contributed by atoms with Crippen molar-refractivity contribution < 1.29 is 17.8 Å². The lowest BCUT2D eigenvalue weighted by molar-refractivity contribution is -0.131. The molecular weight excluding hydrogens is 382 g/mol. The molecule has 148 valence electrons. The molecule has 0 aromatic heterocycles. The molecule has 1 aliphatic carbocycles. The van der Waals surface area contributed by atoms with Crippen molar-refractivity contribution in [1.29, 1.82) is 0 Å². The smallest absolute Gasteiger partial charge is 0.226 e. The zero-order chi connectivity index (χ0) is 19.8. The number of hydrogen-bond donors (Lipinski definition) is 1. The lowest BCUT2D eigenvalue weighted by Gasteiger charge is -2.17. The number of nitrogens with one attached hydrogen (secondary N) is 1. The molecule has 1 N–H and O–H groups in total. The molecule has 4 rings (SSSR count). The maximum absolute atomic E-state index is 14.3. The fourth-order valence-electron chi connectivity index (χ4n) is 4.11. The minimum Gasteiger partial charge on any atom is -0.341 e. The van der Waals surface area contributed by atoms with Gasteiger partial charge in [0.15, 0.2) is 0 Å². The van der Waals surface area contributed by atoms with Crippen LogP contribution in [0.1, 0.15) is 24.3 Å². The summed E-state index contributed by atoms with van der Waals surface area (Å²) in [5, 5.41) is 0. The largest absolute Gasteiger partial charge is 0.341 e. The van der Waals surface area contributed by atoms with E-state index in [1.54, 1.807) is 18.4 Å². The maximum Gasteiger partial charge on any atom is 0.226 e. The highest BCUT2D eigenvalue weighted by molar-refractivity contribution is 7.82. The van der Waals surface area contributed by atoms with Crippen molar-refractivity contribution in [3.05, 3.63) is 59.7 Å². The summed E-state index contributed by atoms with van der Waals surface area (Å²) in [7, 11) is -1.10. The number of benzene rings is 2. The number of hydrogen-bond acceptors (Lipinski definition) is 2. The van der Waals surface area contributed by atoms with E-state index < -0.39 is 22.6 Å². The first kappa shape index (κ1) is 19.2. The molecule has 7 heteroatoms. The number of carbonyl (C=O) groups excluding carboxylic acids is 1. The molecule has 2 aliphatic rings. The number of halogens is 2. The number of likely N-dealkylation sites (tertiary alicyclic amines) is 1. The lowest BCUT2D eigenvalue weighted by Crippen LogP contribution is -2.36. The number of rotatable bonds is 5. The Balaban J connectivity index is 1.51. The normalized spacial score (nSPS) is 25.0. The third kappa shape index (κ3) is 3.86. The van der Waals surface area contributed by atoms with Gasteiger partial charge in [-0.2, -0.15) is 0 Å². The van der Waals surface area contributed by atoms with Crippen LogP contribution in [-0.2, 0) is 15.8 Å². The van der Waals surface area contributed by atoms with E-state index in [4.69, 9.17) is 0 Å². The van der Waals surface area contributed by atoms with E-state index in [2.05, 4.69) is 4.72 Å². The van der Waals surface area contributed by atoms with Crippen molar-refractivity contribution in [2.45, 2.75) is 24.8 Å². The molecule has 1 heterocycles. The molecule has 0 radical (unpaired) electrons. The summed E-state index contributed by atoms with van der Waals surface area (Å²) in [5.41, 5.74) is 1.75. The fraction of sp³-hybridized carbons (Fsp3) is 0.381. The molecule has 28 heavy (non-hydrogen) atoms. The molecule has 0 bridgehead atoms. The van der Waals surface area contributed by atoms with Crippen LogP contribution in [0, 0.1) is 17.6 Å². The van der Waals surface area contributed by atoms with Crippen LogP contribution in [0.5, 0.6) is 0 Å². The standard InChI is InChI=1S/C21H22F2N2O2S/c1-28(27)24-14-8-9-25(12-14)21(26)19-11-17(19)15-4-2-3-5-16(15)18-10-13(22)6-7-20(18)23/h2-7,10,14,17,19,24H,8-9,11-12H2,1H3. The first-order chi connectivity index (χ1) is 13.4. The third-order valence-corrected chi connectivity index (χ3v) is 6.18. The van der Waals surface area contributed by atoms with E-state index in [1.165, 1.54) is 6.07 Å². The van der Waals surface area contributed by atoms with Gasteiger partial charge in [0.05, 0.1) is 11.0 Å². The van der Waals surface area contributed by atoms with Crippen molar-refractivity contribution in [3.8, 4) is 11.1 Å². The first-order valence-electron chi connectivity index (χ1n) is 9.36. The predicted octanol–water partition coefficient (Wildman–Crippen LogP) is 3.22. The highest BCUT2D eigenvalue weighted by atomic mass is 32.2. The summed E-state index contributed by atoms with van der Waals surface area (Å²) in [6.45, 7) is 1.21. The van der Waals surface area contributed by atoms with Crippen LogP contribution in [-0.4, -0.2) is 40.4 Å². The van der Waals surface area contributed by atoms with Crippen LogP contribution in [0.15, 0.2) is 42.5 Å². The fourth-order valence-corrected chi connectivity index (χ4v) is 4.77. The number of amides is 1. The lowest BCUT2D eigenvalue weighted by atomic mass is 9.95. The van der Waals surface area contributed by atoms with Gasteiger partial charge in [-0.1, -0.05) is 24.3 Å². The van der Waals surface area contributed by atoms with Crippen molar-refractivity contribution in [2.75, 3.05) is 19.3 Å². The van der Waals surface area contributed by atoms with Crippen LogP contribution >= 0.6 is 0 Å². The molecule has 2 aromatic carbocycles. The Morgan fingerprint density at radius 2 is 1.96 bits per heavy atom. The van der Waals surface area contributed by atoms with Gasteiger partial charge in [0, 0.05) is 36.9 Å². The van der Waals surface area contributed by atoms with Crippen LogP contribution < -0.4 is 4.72 Å². The van der Waals surface area contributed by atoms with Gasteiger partial charge in [0.25, 0.3) is 0 Å². The van der Waals surface area contributed by atoms with Crippen molar-refractivity contribution in [2.24, 2.45) is 5.92 Å². The SMILES string of the molecule is CS(=O)NC1CCN(C(=O)C2CC2c2ccccc2-c2cc(F)ccc2F)C1. The number of nitrogens with zero attached hydrogens (tertiary/aromatic N) is 1. The van der Waals surface area contributed by atoms with Crippen LogP contribution in [0.2, 0.25) is 0 Å². The average Bonchev–Trinajstić information content (AvgIpc) is 3.34. The topological polar surface area (TPSA) is 49.4 Å². The summed E-state index contributed by atoms with van der Waals surface area (Å²) >= 11 is 0. The van der Waals surface area contributed by atoms with E-state index in [-0.39, 0.29) is 29.3 Å². The molecule has 4 nitrogen and oxygen atoms in total. The quantitative estimate of drug-likeness (QED) is 0.832. The summed E-state index contributed by atoms with van der Waals surface area (Å²) in [6, 6.07) is 10.8. The molecule has 0 spiro atoms. The maximum atomic E-state index is 14.3. The second kappa shape index (κ2) is 7.72. The van der Waals surface area contributed by atoms with E-state index >= 15 is 0 Å². The van der Waals surface area contributed by atoms with Gasteiger partial charge in [0.2, 0.25) is 5.91 Å². The number of carbonyl (C=O) groups is 1. The zero-order valence-electron chi connectivity index (χ0n) is 15.5. The Morgan fingerprint density at radius 3 is 2.75 bits per heavy atom. The van der Waals surface area contributed by atoms with E-state index in [0.29, 0.717) is 25.1 Å². The minimum absolute atomic E-state index is 0.0127. The van der Waals surface area contributed by atoms with Gasteiger partial charge in [0.1, 0.15) is 11.6 Å². The zero-order valence-corrected chi connectivity index (χ0v) is 16.3. The summed E-state index contributed by atoms with van der Waals surface area (Å²) in [6.07, 6.45) is 3.08. The summed E-state index contributed by atoms with van der Waals surface area (Å²) in [4.78, 5) is 14.7. The summed E-state index contributed by atoms with van der Waals surface area (Å²) < 4.78 is 42.3. The van der Waals surface area contributed by atoms with Crippen LogP contribution in [0.3, 0.4) is 0 Å². The Kier molecular flexibility index (Phi) is 5.29. The van der Waals surface area contributed by atoms with Gasteiger partial charge in [-0.05, 0) is 48.1 Å². The highest BCUT2D eigenvalue weighted by Gasteiger charge is 2.47. The monoisotopic (exact) mass is 404 g/mol. The van der Waals surface area contributed by atoms with Crippen LogP contribution in [0.25, 0.3) is 11.1 Å².